The zero-order valence-corrected chi connectivity index (χ0v) is 19.0. The number of carbonyl (C=O) groups is 1. The van der Waals surface area contributed by atoms with Crippen LogP contribution in [0.2, 0.25) is 0 Å². The molecule has 1 heterocycles. The van der Waals surface area contributed by atoms with E-state index in [-0.39, 0.29) is 11.7 Å². The number of rotatable bonds is 8. The second kappa shape index (κ2) is 8.61. The standard InChI is InChI=1S/C27H32N2O3/c1-3-4-5-22-12-21-13-23(31-2)10-11-24(21)25(29-22)20-8-6-18(7-9-20)17-28-26(30)32-27-14-19(15-27)16-27/h6-11,13,19,22H,3-5,12,14-17H2,1-2H3,(H,28,30)/t19?,22-,27?/m0/s1. The topological polar surface area (TPSA) is 59.9 Å². The van der Waals surface area contributed by atoms with Gasteiger partial charge in [0.1, 0.15) is 11.4 Å². The van der Waals surface area contributed by atoms with Gasteiger partial charge in [0.05, 0.1) is 18.9 Å². The van der Waals surface area contributed by atoms with Crippen molar-refractivity contribution < 1.29 is 14.3 Å². The molecule has 1 amide bonds. The molecule has 32 heavy (non-hydrogen) atoms. The molecular formula is C27H32N2O3. The first-order valence-electron chi connectivity index (χ1n) is 11.9. The SMILES string of the molecule is CCCC[C@H]1Cc2cc(OC)ccc2C(c2ccc(CNC(=O)OC34CC(C3)C4)cc2)=N1. The summed E-state index contributed by atoms with van der Waals surface area (Å²) in [4.78, 5) is 17.2. The smallest absolute Gasteiger partial charge is 0.407 e. The highest BCUT2D eigenvalue weighted by Gasteiger charge is 2.59. The van der Waals surface area contributed by atoms with Crippen LogP contribution in [-0.4, -0.2) is 30.6 Å². The molecule has 0 aromatic heterocycles. The second-order valence-electron chi connectivity index (χ2n) is 9.60. The molecular weight excluding hydrogens is 400 g/mol. The highest BCUT2D eigenvalue weighted by Crippen LogP contribution is 2.59. The summed E-state index contributed by atoms with van der Waals surface area (Å²) >= 11 is 0. The van der Waals surface area contributed by atoms with Crippen molar-refractivity contribution in [2.45, 2.75) is 70.1 Å². The van der Waals surface area contributed by atoms with Gasteiger partial charge in [-0.15, -0.1) is 0 Å². The number of fused-ring (bicyclic) bond motifs is 1. The van der Waals surface area contributed by atoms with Crippen LogP contribution >= 0.6 is 0 Å². The van der Waals surface area contributed by atoms with Gasteiger partial charge in [0, 0.05) is 17.7 Å². The first-order valence-corrected chi connectivity index (χ1v) is 11.9. The van der Waals surface area contributed by atoms with Crippen LogP contribution in [0, 0.1) is 5.92 Å². The first kappa shape index (κ1) is 21.0. The maximum atomic E-state index is 12.1. The molecule has 3 saturated carbocycles. The van der Waals surface area contributed by atoms with Gasteiger partial charge in [-0.25, -0.2) is 4.79 Å². The number of unbranched alkanes of at least 4 members (excludes halogenated alkanes) is 1. The first-order chi connectivity index (χ1) is 15.6. The number of nitrogens with one attached hydrogen (secondary N) is 1. The van der Waals surface area contributed by atoms with Crippen LogP contribution in [-0.2, 0) is 17.7 Å². The Morgan fingerprint density at radius 1 is 1.16 bits per heavy atom. The van der Waals surface area contributed by atoms with Crippen molar-refractivity contribution in [3.05, 3.63) is 64.7 Å². The number of nitrogens with zero attached hydrogens (tertiary/aromatic N) is 1. The molecule has 2 bridgehead atoms. The minimum absolute atomic E-state index is 0.137. The monoisotopic (exact) mass is 432 g/mol. The number of hydrogen-bond acceptors (Lipinski definition) is 4. The zero-order chi connectivity index (χ0) is 22.1. The van der Waals surface area contributed by atoms with Gasteiger partial charge in [-0.1, -0.05) is 44.0 Å². The van der Waals surface area contributed by atoms with E-state index < -0.39 is 0 Å². The quantitative estimate of drug-likeness (QED) is 0.605. The van der Waals surface area contributed by atoms with Crippen molar-refractivity contribution in [2.24, 2.45) is 10.9 Å². The van der Waals surface area contributed by atoms with Crippen molar-refractivity contribution in [1.82, 2.24) is 5.32 Å². The number of aliphatic imine (C=N–C) groups is 1. The lowest BCUT2D eigenvalue weighted by Gasteiger charge is -2.59. The van der Waals surface area contributed by atoms with Crippen molar-refractivity contribution in [3.63, 3.8) is 0 Å². The number of amides is 1. The summed E-state index contributed by atoms with van der Waals surface area (Å²) in [6.45, 7) is 2.69. The second-order valence-corrected chi connectivity index (χ2v) is 9.60. The summed E-state index contributed by atoms with van der Waals surface area (Å²) in [6.07, 6.45) is 7.26. The molecule has 168 valence electrons. The van der Waals surface area contributed by atoms with Crippen LogP contribution in [0.4, 0.5) is 4.79 Å². The summed E-state index contributed by atoms with van der Waals surface area (Å²) < 4.78 is 11.1. The van der Waals surface area contributed by atoms with Crippen molar-refractivity contribution in [1.29, 1.82) is 0 Å². The van der Waals surface area contributed by atoms with Crippen molar-refractivity contribution in [2.75, 3.05) is 7.11 Å². The third kappa shape index (κ3) is 4.13. The molecule has 6 rings (SSSR count). The predicted molar refractivity (Wildman–Crippen MR) is 125 cm³/mol. The third-order valence-electron chi connectivity index (χ3n) is 7.18. The lowest BCUT2D eigenvalue weighted by Crippen LogP contribution is -2.61. The van der Waals surface area contributed by atoms with Gasteiger partial charge in [-0.3, -0.25) is 4.99 Å². The Morgan fingerprint density at radius 2 is 1.94 bits per heavy atom. The summed E-state index contributed by atoms with van der Waals surface area (Å²) in [6, 6.07) is 14.9. The molecule has 1 N–H and O–H groups in total. The van der Waals surface area contributed by atoms with E-state index in [9.17, 15) is 4.79 Å². The number of carbonyl (C=O) groups excluding carboxylic acids is 1. The molecule has 0 radical (unpaired) electrons. The number of ether oxygens (including phenoxy) is 2. The Balaban J connectivity index is 1.28. The van der Waals surface area contributed by atoms with Gasteiger partial charge in [0.2, 0.25) is 0 Å². The van der Waals surface area contributed by atoms with E-state index >= 15 is 0 Å². The van der Waals surface area contributed by atoms with E-state index in [2.05, 4.69) is 48.6 Å². The Hall–Kier alpha value is -2.82. The summed E-state index contributed by atoms with van der Waals surface area (Å²) in [5, 5.41) is 2.90. The number of alkyl carbamates (subject to hydrolysis) is 1. The number of benzene rings is 2. The van der Waals surface area contributed by atoms with Crippen LogP contribution in [0.1, 0.15) is 67.7 Å². The summed E-state index contributed by atoms with van der Waals surface area (Å²) in [5.74, 6) is 1.69. The molecule has 0 saturated heterocycles. The highest BCUT2D eigenvalue weighted by atomic mass is 16.6. The predicted octanol–water partition coefficient (Wildman–Crippen LogP) is 5.43. The zero-order valence-electron chi connectivity index (χ0n) is 19.0. The van der Waals surface area contributed by atoms with Gasteiger partial charge < -0.3 is 14.8 Å². The Labute approximate surface area is 190 Å². The molecule has 2 aromatic rings. The summed E-state index contributed by atoms with van der Waals surface area (Å²) in [5.41, 5.74) is 5.57. The molecule has 5 heteroatoms. The van der Waals surface area contributed by atoms with E-state index in [0.717, 1.165) is 60.6 Å². The van der Waals surface area contributed by atoms with Gasteiger partial charge in [0.25, 0.3) is 0 Å². The average molecular weight is 433 g/mol. The fourth-order valence-electron chi connectivity index (χ4n) is 5.20. The Kier molecular flexibility index (Phi) is 5.66. The Morgan fingerprint density at radius 3 is 2.59 bits per heavy atom. The average Bonchev–Trinajstić information content (AvgIpc) is 2.77. The molecule has 0 spiro atoms. The fraction of sp³-hybridized carbons (Fsp3) is 0.481. The molecule has 1 atom stereocenters. The molecule has 0 unspecified atom stereocenters. The fourth-order valence-corrected chi connectivity index (χ4v) is 5.20. The maximum Gasteiger partial charge on any atom is 0.407 e. The van der Waals surface area contributed by atoms with Crippen LogP contribution < -0.4 is 10.1 Å². The van der Waals surface area contributed by atoms with E-state index in [0.29, 0.717) is 12.6 Å². The van der Waals surface area contributed by atoms with E-state index in [1.165, 1.54) is 24.0 Å². The van der Waals surface area contributed by atoms with Gasteiger partial charge in [-0.2, -0.15) is 0 Å². The van der Waals surface area contributed by atoms with Crippen molar-refractivity contribution >= 4 is 11.8 Å². The van der Waals surface area contributed by atoms with E-state index in [1.54, 1.807) is 7.11 Å². The van der Waals surface area contributed by atoms with Gasteiger partial charge in [0.15, 0.2) is 0 Å². The third-order valence-corrected chi connectivity index (χ3v) is 7.18. The van der Waals surface area contributed by atoms with Gasteiger partial charge in [-0.05, 0) is 67.3 Å². The lowest BCUT2D eigenvalue weighted by atomic mass is 9.52. The van der Waals surface area contributed by atoms with Crippen LogP contribution in [0.3, 0.4) is 0 Å². The number of methoxy groups -OCH3 is 1. The normalized spacial score (nSPS) is 25.0. The van der Waals surface area contributed by atoms with Crippen LogP contribution in [0.25, 0.3) is 0 Å². The van der Waals surface area contributed by atoms with Gasteiger partial charge >= 0.3 is 6.09 Å². The summed E-state index contributed by atoms with van der Waals surface area (Å²) in [7, 11) is 1.71. The minimum atomic E-state index is -0.300. The van der Waals surface area contributed by atoms with Crippen LogP contribution in [0.5, 0.6) is 5.75 Å². The molecule has 3 fully saturated rings. The molecule has 5 nitrogen and oxygen atoms in total. The number of hydrogen-bond donors (Lipinski definition) is 1. The minimum Gasteiger partial charge on any atom is -0.497 e. The molecule has 2 aromatic carbocycles. The Bertz CT molecular complexity index is 1010. The largest absolute Gasteiger partial charge is 0.497 e. The molecule has 4 aliphatic rings. The maximum absolute atomic E-state index is 12.1. The van der Waals surface area contributed by atoms with E-state index in [1.807, 2.05) is 6.07 Å². The highest BCUT2D eigenvalue weighted by molar-refractivity contribution is 6.14. The lowest BCUT2D eigenvalue weighted by molar-refractivity contribution is -0.189. The molecule has 1 aliphatic heterocycles. The van der Waals surface area contributed by atoms with Crippen molar-refractivity contribution in [3.8, 4) is 5.75 Å². The molecule has 3 aliphatic carbocycles. The van der Waals surface area contributed by atoms with Crippen LogP contribution in [0.15, 0.2) is 47.5 Å². The van der Waals surface area contributed by atoms with E-state index in [4.69, 9.17) is 14.5 Å².